The third-order valence-electron chi connectivity index (χ3n) is 3.67. The van der Waals surface area contributed by atoms with Gasteiger partial charge in [-0.2, -0.15) is 5.26 Å². The number of hydrogen-bond acceptors (Lipinski definition) is 4. The molecule has 0 bridgehead atoms. The molecule has 0 saturated carbocycles. The van der Waals surface area contributed by atoms with Crippen molar-refractivity contribution in [3.63, 3.8) is 0 Å². The summed E-state index contributed by atoms with van der Waals surface area (Å²) in [5, 5.41) is 14.1. The van der Waals surface area contributed by atoms with Crippen LogP contribution in [-0.4, -0.2) is 10.9 Å². The van der Waals surface area contributed by atoms with Crippen LogP contribution in [0.1, 0.15) is 27.0 Å². The number of carbonyl (C=O) groups excluding carboxylic acids is 1. The second kappa shape index (κ2) is 6.65. The second-order valence-electron chi connectivity index (χ2n) is 5.50. The van der Waals surface area contributed by atoms with Gasteiger partial charge in [0.1, 0.15) is 0 Å². The molecule has 4 nitrogen and oxygen atoms in total. The normalized spacial score (nSPS) is 10.2. The lowest BCUT2D eigenvalue weighted by Crippen LogP contribution is -2.11. The van der Waals surface area contributed by atoms with Crippen molar-refractivity contribution in [1.29, 1.82) is 5.26 Å². The Morgan fingerprint density at radius 1 is 1.17 bits per heavy atom. The number of hydrogen-bond donors (Lipinski definition) is 1. The zero-order chi connectivity index (χ0) is 17.1. The maximum atomic E-state index is 12.3. The first kappa shape index (κ1) is 15.9. The first-order valence-corrected chi connectivity index (χ1v) is 8.29. The van der Waals surface area contributed by atoms with Crippen molar-refractivity contribution in [2.45, 2.75) is 13.8 Å². The Bertz CT molecular complexity index is 936. The Morgan fingerprint density at radius 3 is 2.62 bits per heavy atom. The fraction of sp³-hybridized carbons (Fsp3) is 0.105. The summed E-state index contributed by atoms with van der Waals surface area (Å²) in [5.74, 6) is -0.235. The fourth-order valence-electron chi connectivity index (χ4n) is 2.33. The molecule has 1 amide bonds. The second-order valence-corrected chi connectivity index (χ2v) is 6.36. The molecule has 0 atom stereocenters. The van der Waals surface area contributed by atoms with Crippen LogP contribution in [0.15, 0.2) is 47.8 Å². The van der Waals surface area contributed by atoms with Gasteiger partial charge in [-0.05, 0) is 49.7 Å². The molecule has 1 N–H and O–H groups in total. The lowest BCUT2D eigenvalue weighted by atomic mass is 10.0. The van der Waals surface area contributed by atoms with Gasteiger partial charge in [0.15, 0.2) is 5.13 Å². The molecule has 1 aromatic heterocycles. The van der Waals surface area contributed by atoms with E-state index in [0.717, 1.165) is 16.8 Å². The number of amides is 1. The Kier molecular flexibility index (Phi) is 4.41. The van der Waals surface area contributed by atoms with Gasteiger partial charge in [-0.15, -0.1) is 11.3 Å². The molecular formula is C19H15N3OS. The standard InChI is InChI=1S/C19H15N3OS/c1-12-3-4-13(2)16(9-12)17-11-24-19(21-17)22-18(23)15-7-5-14(10-20)6-8-15/h3-9,11H,1-2H3,(H,21,22,23). The highest BCUT2D eigenvalue weighted by Crippen LogP contribution is 2.28. The number of carbonyl (C=O) groups is 1. The van der Waals surface area contributed by atoms with Gasteiger partial charge in [-0.25, -0.2) is 4.98 Å². The molecule has 0 saturated heterocycles. The summed E-state index contributed by atoms with van der Waals surface area (Å²) in [6.45, 7) is 4.09. The van der Waals surface area contributed by atoms with Crippen molar-refractivity contribution in [3.8, 4) is 17.3 Å². The topological polar surface area (TPSA) is 65.8 Å². The Hall–Kier alpha value is -2.97. The number of aromatic nitrogens is 1. The first-order chi connectivity index (χ1) is 11.6. The van der Waals surface area contributed by atoms with Gasteiger partial charge in [-0.3, -0.25) is 10.1 Å². The summed E-state index contributed by atoms with van der Waals surface area (Å²) in [7, 11) is 0. The number of rotatable bonds is 3. The molecule has 0 aliphatic carbocycles. The monoisotopic (exact) mass is 333 g/mol. The van der Waals surface area contributed by atoms with E-state index in [9.17, 15) is 4.79 Å². The smallest absolute Gasteiger partial charge is 0.257 e. The van der Waals surface area contributed by atoms with Crippen LogP contribution in [0.3, 0.4) is 0 Å². The molecule has 0 fully saturated rings. The highest BCUT2D eigenvalue weighted by molar-refractivity contribution is 7.14. The number of aryl methyl sites for hydroxylation is 2. The minimum absolute atomic E-state index is 0.235. The highest BCUT2D eigenvalue weighted by atomic mass is 32.1. The van der Waals surface area contributed by atoms with Crippen molar-refractivity contribution >= 4 is 22.4 Å². The third kappa shape index (κ3) is 3.34. The van der Waals surface area contributed by atoms with Crippen LogP contribution in [0.2, 0.25) is 0 Å². The van der Waals surface area contributed by atoms with Crippen molar-refractivity contribution in [2.24, 2.45) is 0 Å². The van der Waals surface area contributed by atoms with Crippen LogP contribution in [0, 0.1) is 25.2 Å². The lowest BCUT2D eigenvalue weighted by Gasteiger charge is -2.04. The maximum Gasteiger partial charge on any atom is 0.257 e. The maximum absolute atomic E-state index is 12.3. The van der Waals surface area contributed by atoms with E-state index in [1.165, 1.54) is 16.9 Å². The number of thiazole rings is 1. The van der Waals surface area contributed by atoms with E-state index in [1.54, 1.807) is 24.3 Å². The van der Waals surface area contributed by atoms with E-state index in [0.29, 0.717) is 16.3 Å². The average molecular weight is 333 g/mol. The third-order valence-corrected chi connectivity index (χ3v) is 4.43. The lowest BCUT2D eigenvalue weighted by molar-refractivity contribution is 0.102. The summed E-state index contributed by atoms with van der Waals surface area (Å²) >= 11 is 1.39. The van der Waals surface area contributed by atoms with Crippen LogP contribution >= 0.6 is 11.3 Å². The van der Waals surface area contributed by atoms with Crippen LogP contribution in [0.25, 0.3) is 11.3 Å². The van der Waals surface area contributed by atoms with Crippen molar-refractivity contribution < 1.29 is 4.79 Å². The minimum Gasteiger partial charge on any atom is -0.298 e. The van der Waals surface area contributed by atoms with Crippen molar-refractivity contribution in [1.82, 2.24) is 4.98 Å². The molecule has 118 valence electrons. The van der Waals surface area contributed by atoms with E-state index in [2.05, 4.69) is 28.5 Å². The molecule has 2 aromatic carbocycles. The zero-order valence-electron chi connectivity index (χ0n) is 13.3. The van der Waals surface area contributed by atoms with Crippen molar-refractivity contribution in [3.05, 3.63) is 70.1 Å². The van der Waals surface area contributed by atoms with Crippen LogP contribution in [-0.2, 0) is 0 Å². The quantitative estimate of drug-likeness (QED) is 0.764. The predicted octanol–water partition coefficient (Wildman–Crippen LogP) is 4.55. The molecule has 3 aromatic rings. The van der Waals surface area contributed by atoms with E-state index < -0.39 is 0 Å². The van der Waals surface area contributed by atoms with Gasteiger partial charge in [0, 0.05) is 16.5 Å². The van der Waals surface area contributed by atoms with Crippen molar-refractivity contribution in [2.75, 3.05) is 5.32 Å². The molecule has 1 heterocycles. The SMILES string of the molecule is Cc1ccc(C)c(-c2csc(NC(=O)c3ccc(C#N)cc3)n2)c1. The number of nitrogens with one attached hydrogen (secondary N) is 1. The van der Waals surface area contributed by atoms with Gasteiger partial charge in [0.25, 0.3) is 5.91 Å². The van der Waals surface area contributed by atoms with Crippen LogP contribution in [0.4, 0.5) is 5.13 Å². The minimum atomic E-state index is -0.235. The number of benzene rings is 2. The summed E-state index contributed by atoms with van der Waals surface area (Å²) in [6, 6.07) is 14.8. The Balaban J connectivity index is 1.79. The van der Waals surface area contributed by atoms with Crippen LogP contribution in [0.5, 0.6) is 0 Å². The first-order valence-electron chi connectivity index (χ1n) is 7.41. The summed E-state index contributed by atoms with van der Waals surface area (Å²) in [4.78, 5) is 16.8. The highest BCUT2D eigenvalue weighted by Gasteiger charge is 2.11. The fourth-order valence-corrected chi connectivity index (χ4v) is 3.04. The molecule has 3 rings (SSSR count). The molecule has 0 aliphatic rings. The van der Waals surface area contributed by atoms with Gasteiger partial charge in [-0.1, -0.05) is 17.7 Å². The van der Waals surface area contributed by atoms with Gasteiger partial charge >= 0.3 is 0 Å². The van der Waals surface area contributed by atoms with E-state index >= 15 is 0 Å². The van der Waals surface area contributed by atoms with Gasteiger partial charge < -0.3 is 0 Å². The van der Waals surface area contributed by atoms with Crippen LogP contribution < -0.4 is 5.32 Å². The Labute approximate surface area is 144 Å². The molecule has 5 heteroatoms. The predicted molar refractivity (Wildman–Crippen MR) is 96.1 cm³/mol. The van der Waals surface area contributed by atoms with E-state index in [1.807, 2.05) is 25.3 Å². The molecule has 0 unspecified atom stereocenters. The number of anilines is 1. The Morgan fingerprint density at radius 2 is 1.92 bits per heavy atom. The number of nitriles is 1. The summed E-state index contributed by atoms with van der Waals surface area (Å²) in [6.07, 6.45) is 0. The zero-order valence-corrected chi connectivity index (χ0v) is 14.1. The summed E-state index contributed by atoms with van der Waals surface area (Å²) < 4.78 is 0. The molecule has 0 aliphatic heterocycles. The molecular weight excluding hydrogens is 318 g/mol. The van der Waals surface area contributed by atoms with E-state index in [-0.39, 0.29) is 5.91 Å². The molecule has 0 radical (unpaired) electrons. The largest absolute Gasteiger partial charge is 0.298 e. The summed E-state index contributed by atoms with van der Waals surface area (Å²) in [5.41, 5.74) is 5.28. The molecule has 0 spiro atoms. The van der Waals surface area contributed by atoms with Gasteiger partial charge in [0.05, 0.1) is 17.3 Å². The van der Waals surface area contributed by atoms with Gasteiger partial charge in [0.2, 0.25) is 0 Å². The molecule has 24 heavy (non-hydrogen) atoms. The number of nitrogens with zero attached hydrogens (tertiary/aromatic N) is 2. The van der Waals surface area contributed by atoms with E-state index in [4.69, 9.17) is 5.26 Å². The average Bonchev–Trinajstić information content (AvgIpc) is 3.05.